The van der Waals surface area contributed by atoms with Gasteiger partial charge in [0.15, 0.2) is 0 Å². The molecule has 0 saturated carbocycles. The molecule has 0 amide bonds. The van der Waals surface area contributed by atoms with E-state index in [2.05, 4.69) is 205 Å². The first-order valence-electron chi connectivity index (χ1n) is 22.0. The fourth-order valence-corrected chi connectivity index (χ4v) is 9.21. The molecule has 9 aromatic rings. The lowest BCUT2D eigenvalue weighted by atomic mass is 9.97. The molecule has 0 saturated heterocycles. The van der Waals surface area contributed by atoms with Crippen molar-refractivity contribution in [3.8, 4) is 84.0 Å². The lowest BCUT2D eigenvalue weighted by Gasteiger charge is -2.24. The number of phosphoric ester groups is 1. The number of aryl methyl sites for hydroxylation is 6. The molecule has 0 fully saturated rings. The number of hydrogen-bond donors (Lipinski definition) is 0. The minimum atomic E-state index is -4.64. The number of phosphoric acid groups is 1. The van der Waals surface area contributed by atoms with Crippen molar-refractivity contribution in [1.29, 1.82) is 0 Å². The van der Waals surface area contributed by atoms with Crippen LogP contribution in [0.3, 0.4) is 0 Å². The summed E-state index contributed by atoms with van der Waals surface area (Å²) in [4.78, 5) is 0. The van der Waals surface area contributed by atoms with Crippen LogP contribution in [0.25, 0.3) is 66.8 Å². The van der Waals surface area contributed by atoms with E-state index in [9.17, 15) is 0 Å². The molecule has 0 aliphatic carbocycles. The first-order chi connectivity index (χ1) is 31.4. The van der Waals surface area contributed by atoms with Crippen molar-refractivity contribution in [3.05, 3.63) is 234 Å². The van der Waals surface area contributed by atoms with Gasteiger partial charge in [0.25, 0.3) is 0 Å². The van der Waals surface area contributed by atoms with Crippen LogP contribution in [0.1, 0.15) is 33.4 Å². The zero-order valence-electron chi connectivity index (χ0n) is 37.6. The van der Waals surface area contributed by atoms with Crippen molar-refractivity contribution < 1.29 is 18.1 Å². The maximum absolute atomic E-state index is 16.1. The van der Waals surface area contributed by atoms with E-state index in [1.165, 1.54) is 16.7 Å². The summed E-state index contributed by atoms with van der Waals surface area (Å²) in [5, 5.41) is 0. The topological polar surface area (TPSA) is 44.8 Å². The van der Waals surface area contributed by atoms with Crippen molar-refractivity contribution in [3.63, 3.8) is 0 Å². The largest absolute Gasteiger partial charge is 0.647 e. The van der Waals surface area contributed by atoms with E-state index in [0.717, 1.165) is 83.5 Å². The average Bonchev–Trinajstić information content (AvgIpc) is 3.31. The van der Waals surface area contributed by atoms with Crippen LogP contribution in [0.15, 0.2) is 200 Å². The van der Waals surface area contributed by atoms with E-state index in [1.807, 2.05) is 36.4 Å². The van der Waals surface area contributed by atoms with Crippen molar-refractivity contribution in [2.75, 3.05) is 0 Å². The lowest BCUT2D eigenvalue weighted by Crippen LogP contribution is -2.09. The van der Waals surface area contributed by atoms with E-state index in [4.69, 9.17) is 13.6 Å². The van der Waals surface area contributed by atoms with Crippen LogP contribution >= 0.6 is 7.82 Å². The number of hydrogen-bond acceptors (Lipinski definition) is 4. The highest BCUT2D eigenvalue weighted by atomic mass is 31.2. The highest BCUT2D eigenvalue weighted by Crippen LogP contribution is 2.55. The predicted octanol–water partition coefficient (Wildman–Crippen LogP) is 17.2. The van der Waals surface area contributed by atoms with E-state index in [1.54, 1.807) is 0 Å². The molecule has 0 spiro atoms. The Kier molecular flexibility index (Phi) is 12.1. The summed E-state index contributed by atoms with van der Waals surface area (Å²) >= 11 is 0. The fraction of sp³-hybridized carbons (Fsp3) is 0.100. The molecule has 320 valence electrons. The molecule has 0 unspecified atom stereocenters. The van der Waals surface area contributed by atoms with Crippen LogP contribution in [0.2, 0.25) is 0 Å². The van der Waals surface area contributed by atoms with Gasteiger partial charge in [-0.3, -0.25) is 0 Å². The van der Waals surface area contributed by atoms with Crippen LogP contribution in [0, 0.1) is 41.5 Å². The molecular formula is C60H51O4P. The molecule has 0 radical (unpaired) electrons. The van der Waals surface area contributed by atoms with Crippen LogP contribution in [-0.4, -0.2) is 0 Å². The third-order valence-corrected chi connectivity index (χ3v) is 13.1. The van der Waals surface area contributed by atoms with Crippen LogP contribution < -0.4 is 13.6 Å². The zero-order valence-corrected chi connectivity index (χ0v) is 38.5. The summed E-state index contributed by atoms with van der Waals surface area (Å²) < 4.78 is 36.6. The van der Waals surface area contributed by atoms with Crippen LogP contribution in [-0.2, 0) is 4.57 Å². The second-order valence-corrected chi connectivity index (χ2v) is 18.5. The zero-order chi connectivity index (χ0) is 45.1. The van der Waals surface area contributed by atoms with Crippen molar-refractivity contribution >= 4 is 7.82 Å². The Morgan fingerprint density at radius 2 is 0.431 bits per heavy atom. The van der Waals surface area contributed by atoms with E-state index in [-0.39, 0.29) is 0 Å². The van der Waals surface area contributed by atoms with E-state index < -0.39 is 7.82 Å². The molecule has 9 rings (SSSR count). The van der Waals surface area contributed by atoms with Crippen molar-refractivity contribution in [2.24, 2.45) is 0 Å². The second-order valence-electron chi connectivity index (χ2n) is 17.1. The Morgan fingerprint density at radius 1 is 0.246 bits per heavy atom. The molecule has 0 aliphatic rings. The van der Waals surface area contributed by atoms with Gasteiger partial charge in [-0.1, -0.05) is 197 Å². The minimum Gasteiger partial charge on any atom is -0.385 e. The molecule has 0 bridgehead atoms. The first kappa shape index (κ1) is 42.9. The molecular weight excluding hydrogens is 816 g/mol. The van der Waals surface area contributed by atoms with Crippen LogP contribution in [0.5, 0.6) is 17.2 Å². The van der Waals surface area contributed by atoms with Gasteiger partial charge in [0.2, 0.25) is 0 Å². The Hall–Kier alpha value is -7.39. The normalized spacial score (nSPS) is 11.3. The van der Waals surface area contributed by atoms with E-state index in [0.29, 0.717) is 17.2 Å². The molecule has 0 aliphatic heterocycles. The molecule has 0 atom stereocenters. The summed E-state index contributed by atoms with van der Waals surface area (Å²) in [5.41, 5.74) is 18.0. The monoisotopic (exact) mass is 866 g/mol. The van der Waals surface area contributed by atoms with Gasteiger partial charge in [-0.2, -0.15) is 4.57 Å². The third kappa shape index (κ3) is 9.90. The average molecular weight is 867 g/mol. The van der Waals surface area contributed by atoms with E-state index >= 15 is 4.57 Å². The molecule has 4 nitrogen and oxygen atoms in total. The lowest BCUT2D eigenvalue weighted by molar-refractivity contribution is 0.299. The van der Waals surface area contributed by atoms with Gasteiger partial charge >= 0.3 is 7.82 Å². The second kappa shape index (κ2) is 18.4. The van der Waals surface area contributed by atoms with Gasteiger partial charge in [-0.05, 0) is 128 Å². The third-order valence-electron chi connectivity index (χ3n) is 11.8. The fourth-order valence-electron chi connectivity index (χ4n) is 7.90. The van der Waals surface area contributed by atoms with Gasteiger partial charge < -0.3 is 13.6 Å². The summed E-state index contributed by atoms with van der Waals surface area (Å²) in [5.74, 6) is 1.07. The maximum Gasteiger partial charge on any atom is 0.647 e. The first-order valence-corrected chi connectivity index (χ1v) is 23.4. The molecule has 0 N–H and O–H groups in total. The smallest absolute Gasteiger partial charge is 0.385 e. The molecule has 5 heteroatoms. The molecule has 0 aromatic heterocycles. The highest BCUT2D eigenvalue weighted by molar-refractivity contribution is 7.49. The van der Waals surface area contributed by atoms with Crippen molar-refractivity contribution in [2.45, 2.75) is 41.5 Å². The number of rotatable bonds is 12. The predicted molar refractivity (Wildman–Crippen MR) is 270 cm³/mol. The molecule has 9 aromatic carbocycles. The SMILES string of the molecule is Cc1ccc(-c2ccc(OP(=O)(Oc3ccc(-c4ccc(C)cc4)cc3-c3ccc(C)cc3)Oc3ccc(-c4ccc(C)cc4)cc3-c3ccc(C)cc3)c(-c3ccc(C)cc3)c2)cc1. The number of benzene rings is 9. The highest BCUT2D eigenvalue weighted by Gasteiger charge is 2.36. The summed E-state index contributed by atoms with van der Waals surface area (Å²) in [6.07, 6.45) is 0. The Balaban J connectivity index is 1.22. The Morgan fingerprint density at radius 3 is 0.646 bits per heavy atom. The minimum absolute atomic E-state index is 0.356. The standard InChI is InChI=1S/C60H51O4P/c1-40-7-19-46(20-8-40)52-31-34-58(55(37-52)49-25-13-43(4)14-26-49)62-65(61,63-59-35-32-53(47-21-9-41(2)10-22-47)38-56(59)50-27-15-44(5)16-28-50)64-60-36-33-54(48-23-11-42(3)12-24-48)39-57(60)51-29-17-45(6)18-30-51/h7-39H,1-6H3. The molecule has 65 heavy (non-hydrogen) atoms. The Bertz CT molecular complexity index is 2810. The summed E-state index contributed by atoms with van der Waals surface area (Å²) in [6.45, 7) is 12.4. The van der Waals surface area contributed by atoms with Gasteiger partial charge in [0, 0.05) is 16.7 Å². The van der Waals surface area contributed by atoms with Crippen molar-refractivity contribution in [1.82, 2.24) is 0 Å². The van der Waals surface area contributed by atoms with Gasteiger partial charge in [0.05, 0.1) is 0 Å². The Labute approximate surface area is 383 Å². The quantitative estimate of drug-likeness (QED) is 0.115. The van der Waals surface area contributed by atoms with Crippen LogP contribution in [0.4, 0.5) is 0 Å². The van der Waals surface area contributed by atoms with Gasteiger partial charge in [-0.25, -0.2) is 0 Å². The summed E-state index contributed by atoms with van der Waals surface area (Å²) in [7, 11) is -4.64. The summed E-state index contributed by atoms with van der Waals surface area (Å²) in [6, 6.07) is 67.9. The molecule has 0 heterocycles. The van der Waals surface area contributed by atoms with Gasteiger partial charge in [-0.15, -0.1) is 0 Å². The maximum atomic E-state index is 16.1. The van der Waals surface area contributed by atoms with Gasteiger partial charge in [0.1, 0.15) is 17.2 Å².